The number of carbonyl (C=O) groups is 2. The number of benzene rings is 3. The first-order valence-corrected chi connectivity index (χ1v) is 12.4. The monoisotopic (exact) mass is 591 g/mol. The number of nitrogens with one attached hydrogen (secondary N) is 3. The van der Waals surface area contributed by atoms with Gasteiger partial charge in [0.05, 0.1) is 45.7 Å². The number of fused-ring (bicyclic) bond motifs is 1. The summed E-state index contributed by atoms with van der Waals surface area (Å²) in [5, 5.41) is 6.95. The van der Waals surface area contributed by atoms with Crippen molar-refractivity contribution in [3.63, 3.8) is 0 Å². The van der Waals surface area contributed by atoms with Gasteiger partial charge in [-0.25, -0.2) is 18.6 Å². The van der Waals surface area contributed by atoms with E-state index >= 15 is 0 Å². The molecule has 41 heavy (non-hydrogen) atoms. The third kappa shape index (κ3) is 6.26. The molecule has 1 aromatic heterocycles. The molecule has 4 aromatic rings. The van der Waals surface area contributed by atoms with Gasteiger partial charge in [-0.3, -0.25) is 9.78 Å². The lowest BCUT2D eigenvalue weighted by molar-refractivity contribution is -0.137. The fraction of sp³-hybridized carbons (Fsp3) is 0.185. The van der Waals surface area contributed by atoms with Crippen LogP contribution in [0.4, 0.5) is 38.1 Å². The molecule has 3 aromatic carbocycles. The topological polar surface area (TPSA) is 105 Å². The maximum absolute atomic E-state index is 14.7. The molecule has 1 unspecified atom stereocenters. The molecule has 1 atom stereocenters. The van der Waals surface area contributed by atoms with E-state index < -0.39 is 45.8 Å². The Morgan fingerprint density at radius 2 is 1.78 bits per heavy atom. The zero-order chi connectivity index (χ0) is 29.3. The second-order valence-electron chi connectivity index (χ2n) is 8.98. The van der Waals surface area contributed by atoms with Crippen molar-refractivity contribution in [3.8, 4) is 0 Å². The maximum Gasteiger partial charge on any atom is 0.417 e. The predicted molar refractivity (Wildman–Crippen MR) is 140 cm³/mol. The first kappa shape index (κ1) is 28.3. The summed E-state index contributed by atoms with van der Waals surface area (Å²) in [4.78, 5) is 34.5. The van der Waals surface area contributed by atoms with Crippen molar-refractivity contribution in [3.05, 3.63) is 93.8 Å². The highest BCUT2D eigenvalue weighted by atomic mass is 35.5. The molecule has 3 N–H and O–H groups in total. The van der Waals surface area contributed by atoms with E-state index in [1.807, 2.05) is 0 Å². The van der Waals surface area contributed by atoms with E-state index in [4.69, 9.17) is 16.3 Å². The Morgan fingerprint density at radius 1 is 1.00 bits per heavy atom. The molecule has 1 aliphatic rings. The van der Waals surface area contributed by atoms with Crippen LogP contribution in [0.15, 0.2) is 54.7 Å². The number of urea groups is 1. The van der Waals surface area contributed by atoms with Crippen LogP contribution in [-0.2, 0) is 10.9 Å². The Balaban J connectivity index is 1.38. The van der Waals surface area contributed by atoms with Gasteiger partial charge in [0.2, 0.25) is 0 Å². The lowest BCUT2D eigenvalue weighted by atomic mass is 10.0. The van der Waals surface area contributed by atoms with Crippen LogP contribution in [0.5, 0.6) is 0 Å². The van der Waals surface area contributed by atoms with Crippen LogP contribution in [0, 0.1) is 11.6 Å². The number of ether oxygens (including phenoxy) is 1. The van der Waals surface area contributed by atoms with Crippen LogP contribution in [0.3, 0.4) is 0 Å². The number of halogens is 6. The minimum atomic E-state index is -4.77. The fourth-order valence-corrected chi connectivity index (χ4v) is 4.40. The molecule has 5 rings (SSSR count). The van der Waals surface area contributed by atoms with Crippen molar-refractivity contribution in [1.29, 1.82) is 0 Å². The van der Waals surface area contributed by atoms with Crippen molar-refractivity contribution in [1.82, 2.24) is 15.3 Å². The molecule has 0 saturated carbocycles. The largest absolute Gasteiger partial charge is 0.417 e. The van der Waals surface area contributed by atoms with E-state index in [1.165, 1.54) is 18.2 Å². The Morgan fingerprint density at radius 3 is 2.51 bits per heavy atom. The Labute approximate surface area is 233 Å². The zero-order valence-electron chi connectivity index (χ0n) is 20.8. The van der Waals surface area contributed by atoms with Crippen LogP contribution in [0.25, 0.3) is 11.0 Å². The molecule has 2 heterocycles. The van der Waals surface area contributed by atoms with E-state index in [1.54, 1.807) is 6.20 Å². The van der Waals surface area contributed by atoms with Gasteiger partial charge in [-0.15, -0.1) is 0 Å². The molecule has 8 nitrogen and oxygen atoms in total. The molecular weight excluding hydrogens is 573 g/mol. The lowest BCUT2D eigenvalue weighted by Gasteiger charge is -2.22. The SMILES string of the molecule is O=C(Nc1cc(F)c(F)c(C(=O)c2ccc3ncc(C4CNCCO4)nc3c2)c1)Nc1ccc(Cl)c(C(F)(F)F)c1. The predicted octanol–water partition coefficient (Wildman–Crippen LogP) is 6.12. The molecule has 1 fully saturated rings. The standard InChI is InChI=1S/C27H19ClF5N5O3/c28-18-3-2-14(9-17(18)27(31,32)33)36-26(40)37-15-8-16(24(30)19(29)10-15)25(39)13-1-4-20-21(7-13)38-22(11-35-20)23-12-34-5-6-41-23/h1-4,7-11,23,34H,5-6,12H2,(H2,36,37,40). The van der Waals surface area contributed by atoms with Crippen molar-refractivity contribution >= 4 is 45.8 Å². The van der Waals surface area contributed by atoms with Gasteiger partial charge in [0.1, 0.15) is 6.10 Å². The molecule has 2 amide bonds. The van der Waals surface area contributed by atoms with E-state index in [0.29, 0.717) is 48.6 Å². The van der Waals surface area contributed by atoms with Gasteiger partial charge in [0.15, 0.2) is 17.4 Å². The summed E-state index contributed by atoms with van der Waals surface area (Å²) in [5.74, 6) is -3.78. The minimum absolute atomic E-state index is 0.0209. The summed E-state index contributed by atoms with van der Waals surface area (Å²) >= 11 is 5.58. The maximum atomic E-state index is 14.7. The van der Waals surface area contributed by atoms with E-state index in [2.05, 4.69) is 25.9 Å². The number of ketones is 1. The highest BCUT2D eigenvalue weighted by Crippen LogP contribution is 2.36. The van der Waals surface area contributed by atoms with E-state index in [0.717, 1.165) is 18.2 Å². The number of hydrogen-bond donors (Lipinski definition) is 3. The van der Waals surface area contributed by atoms with E-state index in [9.17, 15) is 31.5 Å². The highest BCUT2D eigenvalue weighted by molar-refractivity contribution is 6.31. The molecule has 14 heteroatoms. The van der Waals surface area contributed by atoms with Gasteiger partial charge >= 0.3 is 12.2 Å². The van der Waals surface area contributed by atoms with Crippen molar-refractivity contribution < 1.29 is 36.3 Å². The molecule has 0 aliphatic carbocycles. The number of carbonyl (C=O) groups excluding carboxylic acids is 2. The van der Waals surface area contributed by atoms with Gasteiger partial charge in [-0.1, -0.05) is 11.6 Å². The van der Waals surface area contributed by atoms with Crippen LogP contribution >= 0.6 is 11.6 Å². The summed E-state index contributed by atoms with van der Waals surface area (Å²) < 4.78 is 74.2. The summed E-state index contributed by atoms with van der Waals surface area (Å²) in [5.41, 5.74) is -1.13. The van der Waals surface area contributed by atoms with Gasteiger partial charge in [0.25, 0.3) is 0 Å². The molecule has 1 saturated heterocycles. The van der Waals surface area contributed by atoms with Crippen LogP contribution < -0.4 is 16.0 Å². The summed E-state index contributed by atoms with van der Waals surface area (Å²) in [6.07, 6.45) is -3.55. The van der Waals surface area contributed by atoms with E-state index in [-0.39, 0.29) is 23.0 Å². The molecule has 0 spiro atoms. The fourth-order valence-electron chi connectivity index (χ4n) is 4.17. The number of hydrogen-bond acceptors (Lipinski definition) is 6. The number of aromatic nitrogens is 2. The van der Waals surface area contributed by atoms with Crippen molar-refractivity contribution in [2.75, 3.05) is 30.3 Å². The number of anilines is 2. The second kappa shape index (κ2) is 11.4. The smallest absolute Gasteiger partial charge is 0.369 e. The van der Waals surface area contributed by atoms with Crippen LogP contribution in [-0.4, -0.2) is 41.5 Å². The molecule has 212 valence electrons. The average molecular weight is 592 g/mol. The number of nitrogens with zero attached hydrogens (tertiary/aromatic N) is 2. The average Bonchev–Trinajstić information content (AvgIpc) is 2.94. The number of amides is 2. The molecule has 0 bridgehead atoms. The lowest BCUT2D eigenvalue weighted by Crippen LogP contribution is -2.33. The van der Waals surface area contributed by atoms with Gasteiger partial charge in [0, 0.05) is 36.1 Å². The second-order valence-corrected chi connectivity index (χ2v) is 9.39. The third-order valence-electron chi connectivity index (χ3n) is 6.14. The Kier molecular flexibility index (Phi) is 7.84. The number of rotatable bonds is 5. The minimum Gasteiger partial charge on any atom is -0.369 e. The molecule has 1 aliphatic heterocycles. The van der Waals surface area contributed by atoms with Crippen molar-refractivity contribution in [2.24, 2.45) is 0 Å². The van der Waals surface area contributed by atoms with Crippen LogP contribution in [0.1, 0.15) is 33.3 Å². The Bertz CT molecular complexity index is 1660. The molecular formula is C27H19ClF5N5O3. The van der Waals surface area contributed by atoms with Crippen molar-refractivity contribution in [2.45, 2.75) is 12.3 Å². The number of morpholine rings is 1. The summed E-state index contributed by atoms with van der Waals surface area (Å²) in [7, 11) is 0. The zero-order valence-corrected chi connectivity index (χ0v) is 21.5. The first-order valence-electron chi connectivity index (χ1n) is 12.1. The van der Waals surface area contributed by atoms with Crippen LogP contribution in [0.2, 0.25) is 5.02 Å². The van der Waals surface area contributed by atoms with Gasteiger partial charge < -0.3 is 20.7 Å². The normalized spacial score (nSPS) is 15.5. The summed E-state index contributed by atoms with van der Waals surface area (Å²) in [6.45, 7) is 1.72. The highest BCUT2D eigenvalue weighted by Gasteiger charge is 2.33. The Hall–Kier alpha value is -4.20. The third-order valence-corrected chi connectivity index (χ3v) is 6.47. The van der Waals surface area contributed by atoms with Gasteiger partial charge in [-0.05, 0) is 42.5 Å². The molecule has 0 radical (unpaired) electrons. The van der Waals surface area contributed by atoms with Gasteiger partial charge in [-0.2, -0.15) is 13.2 Å². The summed E-state index contributed by atoms with van der Waals surface area (Å²) in [6, 6.07) is 7.43. The first-order chi connectivity index (χ1) is 19.5. The quantitative estimate of drug-likeness (QED) is 0.191. The number of alkyl halides is 3.